The van der Waals surface area contributed by atoms with Gasteiger partial charge in [0, 0.05) is 5.41 Å². The molecule has 0 aliphatic heterocycles. The van der Waals surface area contributed by atoms with Crippen LogP contribution in [0.5, 0.6) is 0 Å². The lowest BCUT2D eigenvalue weighted by molar-refractivity contribution is 0.0195. The van der Waals surface area contributed by atoms with E-state index in [4.69, 9.17) is 9.29 Å². The summed E-state index contributed by atoms with van der Waals surface area (Å²) in [5, 5.41) is 0. The molecule has 0 amide bonds. The molecule has 0 fully saturated rings. The van der Waals surface area contributed by atoms with Crippen LogP contribution in [0.3, 0.4) is 0 Å². The van der Waals surface area contributed by atoms with Gasteiger partial charge in [-0.15, -0.1) is 0 Å². The largest absolute Gasteiger partial charge is 0.491 e. The van der Waals surface area contributed by atoms with E-state index in [0.29, 0.717) is 5.76 Å². The van der Waals surface area contributed by atoms with Gasteiger partial charge in [-0.05, 0) is 20.3 Å². The molecule has 0 heterocycles. The maximum absolute atomic E-state index is 10.8. The third-order valence-electron chi connectivity index (χ3n) is 2.57. The van der Waals surface area contributed by atoms with E-state index >= 15 is 0 Å². The molecule has 0 aliphatic carbocycles. The molecule has 0 unspecified atom stereocenters. The molecule has 0 atom stereocenters. The van der Waals surface area contributed by atoms with Gasteiger partial charge in [0.1, 0.15) is 11.4 Å². The summed E-state index contributed by atoms with van der Waals surface area (Å²) in [6, 6.07) is 0. The Kier molecular flexibility index (Phi) is 4.59. The average molecular weight is 250 g/mol. The Bertz CT molecular complexity index is 352. The third-order valence-corrected chi connectivity index (χ3v) is 3.63. The van der Waals surface area contributed by atoms with Crippen LogP contribution in [-0.2, 0) is 14.9 Å². The van der Waals surface area contributed by atoms with E-state index in [2.05, 4.69) is 6.58 Å². The summed E-state index contributed by atoms with van der Waals surface area (Å²) >= 11 is 0. The van der Waals surface area contributed by atoms with E-state index in [0.717, 1.165) is 6.42 Å². The van der Waals surface area contributed by atoms with Gasteiger partial charge in [0.25, 0.3) is 10.1 Å². The molecule has 0 aromatic heterocycles. The topological polar surface area (TPSA) is 63.6 Å². The van der Waals surface area contributed by atoms with E-state index in [1.165, 1.54) is 0 Å². The average Bonchev–Trinajstić information content (AvgIpc) is 1.98. The van der Waals surface area contributed by atoms with Gasteiger partial charge in [0.05, 0.1) is 5.76 Å². The van der Waals surface area contributed by atoms with Crippen LogP contribution < -0.4 is 0 Å². The minimum Gasteiger partial charge on any atom is -0.491 e. The van der Waals surface area contributed by atoms with Crippen molar-refractivity contribution >= 4 is 10.1 Å². The lowest BCUT2D eigenvalue weighted by Crippen LogP contribution is -2.35. The highest BCUT2D eigenvalue weighted by molar-refractivity contribution is 7.85. The molecule has 0 radical (unpaired) electrons. The molecule has 5 heteroatoms. The Labute approximate surface area is 98.4 Å². The van der Waals surface area contributed by atoms with Gasteiger partial charge in [0.15, 0.2) is 0 Å². The van der Waals surface area contributed by atoms with Crippen LogP contribution in [0.15, 0.2) is 12.3 Å². The van der Waals surface area contributed by atoms with E-state index in [-0.39, 0.29) is 5.41 Å². The number of hydrogen-bond donors (Lipinski definition) is 1. The molecule has 0 saturated carbocycles. The predicted octanol–water partition coefficient (Wildman–Crippen LogP) is 2.62. The highest BCUT2D eigenvalue weighted by atomic mass is 32.2. The van der Waals surface area contributed by atoms with Crippen molar-refractivity contribution in [2.45, 2.75) is 46.6 Å². The summed E-state index contributed by atoms with van der Waals surface area (Å²) in [6.07, 6.45) is 0.841. The number of ether oxygens (including phenoxy) is 1. The monoisotopic (exact) mass is 250 g/mol. The van der Waals surface area contributed by atoms with Gasteiger partial charge in [-0.2, -0.15) is 8.42 Å². The molecule has 0 saturated heterocycles. The Balaban J connectivity index is 4.67. The van der Waals surface area contributed by atoms with Gasteiger partial charge < -0.3 is 4.74 Å². The van der Waals surface area contributed by atoms with Crippen molar-refractivity contribution in [3.8, 4) is 0 Å². The Morgan fingerprint density at radius 2 is 1.75 bits per heavy atom. The maximum atomic E-state index is 10.8. The van der Waals surface area contributed by atoms with Crippen LogP contribution in [0.1, 0.15) is 41.0 Å². The zero-order valence-corrected chi connectivity index (χ0v) is 11.5. The second kappa shape index (κ2) is 4.75. The third kappa shape index (κ3) is 5.51. The smallest absolute Gasteiger partial charge is 0.268 e. The van der Waals surface area contributed by atoms with Crippen molar-refractivity contribution in [1.82, 2.24) is 0 Å². The summed E-state index contributed by atoms with van der Waals surface area (Å²) in [4.78, 5) is 0. The van der Waals surface area contributed by atoms with Crippen LogP contribution >= 0.6 is 0 Å². The van der Waals surface area contributed by atoms with Crippen LogP contribution in [0.4, 0.5) is 0 Å². The van der Waals surface area contributed by atoms with Gasteiger partial charge in [-0.3, -0.25) is 4.55 Å². The van der Waals surface area contributed by atoms with Crippen molar-refractivity contribution < 1.29 is 17.7 Å². The molecule has 16 heavy (non-hydrogen) atoms. The van der Waals surface area contributed by atoms with Crippen molar-refractivity contribution in [3.63, 3.8) is 0 Å². The first kappa shape index (κ1) is 15.4. The maximum Gasteiger partial charge on any atom is 0.268 e. The Hall–Kier alpha value is -0.550. The van der Waals surface area contributed by atoms with E-state index in [9.17, 15) is 8.42 Å². The van der Waals surface area contributed by atoms with Crippen molar-refractivity contribution in [2.24, 2.45) is 5.41 Å². The van der Waals surface area contributed by atoms with Gasteiger partial charge in [0.2, 0.25) is 0 Å². The zero-order chi connectivity index (χ0) is 13.2. The number of allylic oxidation sites excluding steroid dienone is 1. The summed E-state index contributed by atoms with van der Waals surface area (Å²) in [6.45, 7) is 13.0. The first-order valence-corrected chi connectivity index (χ1v) is 6.84. The van der Waals surface area contributed by atoms with Gasteiger partial charge in [-0.1, -0.05) is 27.4 Å². The summed E-state index contributed by atoms with van der Waals surface area (Å²) in [5.41, 5.74) is -1.19. The quantitative estimate of drug-likeness (QED) is 0.581. The molecule has 4 nitrogen and oxygen atoms in total. The molecule has 0 spiro atoms. The zero-order valence-electron chi connectivity index (χ0n) is 10.7. The molecule has 96 valence electrons. The van der Waals surface area contributed by atoms with Crippen molar-refractivity contribution in [3.05, 3.63) is 12.3 Å². The van der Waals surface area contributed by atoms with Crippen LogP contribution in [-0.4, -0.2) is 24.3 Å². The second-order valence-corrected chi connectivity index (χ2v) is 6.70. The molecule has 0 aliphatic rings. The Morgan fingerprint density at radius 3 is 2.06 bits per heavy atom. The lowest BCUT2D eigenvalue weighted by atomic mass is 9.88. The van der Waals surface area contributed by atoms with Crippen molar-refractivity contribution in [1.29, 1.82) is 0 Å². The van der Waals surface area contributed by atoms with E-state index in [1.807, 2.05) is 20.8 Å². The van der Waals surface area contributed by atoms with Crippen LogP contribution in [0.25, 0.3) is 0 Å². The highest BCUT2D eigenvalue weighted by Gasteiger charge is 2.31. The minimum atomic E-state index is -4.05. The van der Waals surface area contributed by atoms with Gasteiger partial charge >= 0.3 is 0 Å². The van der Waals surface area contributed by atoms with Crippen LogP contribution in [0, 0.1) is 5.41 Å². The molecule has 0 bridgehead atoms. The fourth-order valence-corrected chi connectivity index (χ4v) is 2.08. The van der Waals surface area contributed by atoms with Crippen LogP contribution in [0.2, 0.25) is 0 Å². The number of hydrogen-bond acceptors (Lipinski definition) is 3. The standard InChI is InChI=1S/C11H22O4S/c1-7-10(3,4)9(2)15-11(5,6)8-16(12,13)14/h2,7-8H2,1,3-6H3,(H,12,13,14). The first-order chi connectivity index (χ1) is 6.90. The number of rotatable bonds is 6. The lowest BCUT2D eigenvalue weighted by Gasteiger charge is -2.33. The van der Waals surface area contributed by atoms with E-state index < -0.39 is 21.5 Å². The summed E-state index contributed by atoms with van der Waals surface area (Å²) < 4.78 is 35.9. The fourth-order valence-electron chi connectivity index (χ4n) is 1.14. The predicted molar refractivity (Wildman–Crippen MR) is 64.8 cm³/mol. The fraction of sp³-hybridized carbons (Fsp3) is 0.818. The molecule has 0 aromatic carbocycles. The minimum absolute atomic E-state index is 0.212. The van der Waals surface area contributed by atoms with Crippen molar-refractivity contribution in [2.75, 3.05) is 5.75 Å². The molecule has 0 aromatic rings. The SMILES string of the molecule is C=C(OC(C)(C)CS(=O)(=O)O)C(C)(C)CC. The first-order valence-electron chi connectivity index (χ1n) is 5.23. The summed E-state index contributed by atoms with van der Waals surface area (Å²) in [5.74, 6) is 0.0855. The molecule has 0 rings (SSSR count). The highest BCUT2D eigenvalue weighted by Crippen LogP contribution is 2.32. The Morgan fingerprint density at radius 1 is 1.31 bits per heavy atom. The molecular weight excluding hydrogens is 228 g/mol. The summed E-state index contributed by atoms with van der Waals surface area (Å²) in [7, 11) is -4.05. The van der Waals surface area contributed by atoms with E-state index in [1.54, 1.807) is 13.8 Å². The normalized spacial score (nSPS) is 13.6. The molecule has 1 N–H and O–H groups in total. The second-order valence-electron chi connectivity index (χ2n) is 5.25. The van der Waals surface area contributed by atoms with Gasteiger partial charge in [-0.25, -0.2) is 0 Å². The molecular formula is C11H22O4S.